The number of carbonyl (C=O) groups excluding carboxylic acids is 2. The van der Waals surface area contributed by atoms with E-state index in [-0.39, 0.29) is 13.1 Å². The Labute approximate surface area is 175 Å². The van der Waals surface area contributed by atoms with Crippen molar-refractivity contribution >= 4 is 23.6 Å². The van der Waals surface area contributed by atoms with Gasteiger partial charge < -0.3 is 19.7 Å². The Morgan fingerprint density at radius 1 is 1.33 bits per heavy atom. The number of ether oxygens (including phenoxy) is 2. The van der Waals surface area contributed by atoms with Crippen molar-refractivity contribution in [3.05, 3.63) is 35.5 Å². The fraction of sp³-hybridized carbons (Fsp3) is 0.550. The van der Waals surface area contributed by atoms with Gasteiger partial charge in [0, 0.05) is 13.1 Å². The van der Waals surface area contributed by atoms with Crippen LogP contribution in [0.15, 0.2) is 18.2 Å². The largest absolute Gasteiger partial charge is 0.444 e. The first kappa shape index (κ1) is 21.5. The minimum atomic E-state index is -0.621. The van der Waals surface area contributed by atoms with Crippen molar-refractivity contribution in [2.45, 2.75) is 32.5 Å². The number of nitrogens with one attached hydrogen (secondary N) is 1. The topological polar surface area (TPSA) is 78.7 Å². The van der Waals surface area contributed by atoms with Gasteiger partial charge in [-0.3, -0.25) is 4.90 Å². The number of anilines is 2. The van der Waals surface area contributed by atoms with Crippen LogP contribution in [0.4, 0.5) is 25.4 Å². The molecule has 2 heterocycles. The average Bonchev–Trinajstić information content (AvgIpc) is 3.06. The van der Waals surface area contributed by atoms with Gasteiger partial charge in [-0.15, -0.1) is 5.01 Å². The van der Waals surface area contributed by atoms with Crippen LogP contribution in [0.1, 0.15) is 20.8 Å². The van der Waals surface area contributed by atoms with E-state index in [1.54, 1.807) is 37.9 Å². The Hall–Kier alpha value is -3.22. The SMILES string of the molecule is [C-]#[N+]N1CCN(c2ccc(N3CC(CNC(=O)OC(C)(C)C)OC3=O)cc2F)CC1. The summed E-state index contributed by atoms with van der Waals surface area (Å²) in [6.45, 7) is 14.8. The van der Waals surface area contributed by atoms with E-state index in [1.807, 2.05) is 4.90 Å². The number of piperazine rings is 1. The number of hydrogen-bond acceptors (Lipinski definition) is 6. The minimum absolute atomic E-state index is 0.100. The molecule has 1 unspecified atom stereocenters. The number of hydrogen-bond donors (Lipinski definition) is 1. The van der Waals surface area contributed by atoms with Crippen LogP contribution in [-0.2, 0) is 9.47 Å². The highest BCUT2D eigenvalue weighted by Crippen LogP contribution is 2.28. The molecule has 0 aromatic heterocycles. The summed E-state index contributed by atoms with van der Waals surface area (Å²) in [6, 6.07) is 4.61. The van der Waals surface area contributed by atoms with Crippen molar-refractivity contribution in [3.63, 3.8) is 0 Å². The molecule has 9 nitrogen and oxygen atoms in total. The van der Waals surface area contributed by atoms with Crippen LogP contribution >= 0.6 is 0 Å². The van der Waals surface area contributed by atoms with E-state index < -0.39 is 29.7 Å². The van der Waals surface area contributed by atoms with Gasteiger partial charge in [-0.1, -0.05) is 0 Å². The van der Waals surface area contributed by atoms with Crippen LogP contribution < -0.4 is 15.1 Å². The summed E-state index contributed by atoms with van der Waals surface area (Å²) < 4.78 is 25.2. The third-order valence-electron chi connectivity index (χ3n) is 4.73. The van der Waals surface area contributed by atoms with E-state index in [4.69, 9.17) is 16.0 Å². The maximum atomic E-state index is 14.7. The van der Waals surface area contributed by atoms with E-state index >= 15 is 0 Å². The van der Waals surface area contributed by atoms with E-state index in [1.165, 1.54) is 11.0 Å². The monoisotopic (exact) mass is 419 g/mol. The molecule has 2 aliphatic rings. The summed E-state index contributed by atoms with van der Waals surface area (Å²) in [6.07, 6.45) is -1.75. The lowest BCUT2D eigenvalue weighted by molar-refractivity contribution is 0.0496. The molecule has 2 fully saturated rings. The Balaban J connectivity index is 1.58. The Bertz CT molecular complexity index is 843. The molecule has 1 atom stereocenters. The first-order chi connectivity index (χ1) is 14.2. The van der Waals surface area contributed by atoms with Crippen LogP contribution in [0, 0.1) is 12.4 Å². The van der Waals surface area contributed by atoms with Gasteiger partial charge in [-0.25, -0.2) is 14.0 Å². The van der Waals surface area contributed by atoms with E-state index in [0.717, 1.165) is 0 Å². The van der Waals surface area contributed by atoms with Gasteiger partial charge in [0.15, 0.2) is 0 Å². The molecule has 0 saturated carbocycles. The molecule has 10 heteroatoms. The van der Waals surface area contributed by atoms with Crippen LogP contribution in [0.5, 0.6) is 0 Å². The second-order valence-corrected chi connectivity index (χ2v) is 8.18. The van der Waals surface area contributed by atoms with E-state index in [2.05, 4.69) is 10.3 Å². The first-order valence-electron chi connectivity index (χ1n) is 9.78. The van der Waals surface area contributed by atoms with Crippen molar-refractivity contribution in [1.29, 1.82) is 0 Å². The lowest BCUT2D eigenvalue weighted by Gasteiger charge is -2.31. The van der Waals surface area contributed by atoms with Gasteiger partial charge in [0.2, 0.25) is 0 Å². The van der Waals surface area contributed by atoms with Crippen LogP contribution in [-0.4, -0.2) is 68.2 Å². The summed E-state index contributed by atoms with van der Waals surface area (Å²) in [7, 11) is 0. The first-order valence-corrected chi connectivity index (χ1v) is 9.78. The Morgan fingerprint density at radius 3 is 2.63 bits per heavy atom. The van der Waals surface area contributed by atoms with E-state index in [0.29, 0.717) is 37.6 Å². The van der Waals surface area contributed by atoms with Gasteiger partial charge in [0.05, 0.1) is 24.5 Å². The third kappa shape index (κ3) is 5.23. The average molecular weight is 419 g/mol. The number of nitrogens with zero attached hydrogens (tertiary/aromatic N) is 4. The molecule has 2 saturated heterocycles. The highest BCUT2D eigenvalue weighted by molar-refractivity contribution is 5.90. The van der Waals surface area contributed by atoms with Crippen molar-refractivity contribution < 1.29 is 23.5 Å². The molecular weight excluding hydrogens is 393 g/mol. The maximum absolute atomic E-state index is 14.7. The van der Waals surface area contributed by atoms with Crippen LogP contribution in [0.25, 0.3) is 4.95 Å². The van der Waals surface area contributed by atoms with Crippen molar-refractivity contribution in [1.82, 2.24) is 10.3 Å². The molecule has 1 aromatic rings. The lowest BCUT2D eigenvalue weighted by Crippen LogP contribution is -2.43. The fourth-order valence-electron chi connectivity index (χ4n) is 3.31. The zero-order valence-electron chi connectivity index (χ0n) is 17.4. The molecule has 1 N–H and O–H groups in total. The van der Waals surface area contributed by atoms with Gasteiger partial charge in [-0.2, -0.15) is 11.5 Å². The zero-order valence-corrected chi connectivity index (χ0v) is 17.4. The predicted octanol–water partition coefficient (Wildman–Crippen LogP) is 2.63. The third-order valence-corrected chi connectivity index (χ3v) is 4.73. The zero-order chi connectivity index (χ0) is 21.9. The summed E-state index contributed by atoms with van der Waals surface area (Å²) in [5, 5.41) is 4.19. The van der Waals surface area contributed by atoms with Gasteiger partial charge in [-0.05, 0) is 39.0 Å². The quantitative estimate of drug-likeness (QED) is 0.756. The number of halogens is 1. The Kier molecular flexibility index (Phi) is 6.20. The summed E-state index contributed by atoms with van der Waals surface area (Å²) in [4.78, 5) is 30.6. The molecule has 162 valence electrons. The molecular formula is C20H26FN5O4. The van der Waals surface area contributed by atoms with Crippen LogP contribution in [0.3, 0.4) is 0 Å². The number of benzene rings is 1. The smallest absolute Gasteiger partial charge is 0.414 e. The molecule has 2 amide bonds. The summed E-state index contributed by atoms with van der Waals surface area (Å²) >= 11 is 0. The standard InChI is InChI=1S/C20H26FN5O4/c1-20(2,3)30-18(27)23-12-15-13-26(19(28)29-15)14-5-6-17(16(21)11-14)24-7-9-25(22-4)10-8-24/h5-6,11,15H,7-10,12-13H2,1-3H3,(H,23,27). The minimum Gasteiger partial charge on any atom is -0.444 e. The van der Waals surface area contributed by atoms with Gasteiger partial charge in [0.25, 0.3) is 0 Å². The Morgan fingerprint density at radius 2 is 2.03 bits per heavy atom. The van der Waals surface area contributed by atoms with Gasteiger partial charge >= 0.3 is 12.2 Å². The predicted molar refractivity (Wildman–Crippen MR) is 109 cm³/mol. The molecule has 1 aromatic carbocycles. The second-order valence-electron chi connectivity index (χ2n) is 8.18. The maximum Gasteiger partial charge on any atom is 0.414 e. The molecule has 0 spiro atoms. The van der Waals surface area contributed by atoms with Crippen molar-refractivity contribution in [2.24, 2.45) is 0 Å². The fourth-order valence-corrected chi connectivity index (χ4v) is 3.31. The van der Waals surface area contributed by atoms with Crippen molar-refractivity contribution in [3.8, 4) is 0 Å². The van der Waals surface area contributed by atoms with Gasteiger partial charge in [0.1, 0.15) is 30.6 Å². The normalized spacial score (nSPS) is 19.4. The number of rotatable bonds is 4. The molecule has 0 radical (unpaired) electrons. The van der Waals surface area contributed by atoms with Crippen LogP contribution in [0.2, 0.25) is 0 Å². The number of cyclic esters (lactones) is 1. The second kappa shape index (κ2) is 8.65. The van der Waals surface area contributed by atoms with E-state index in [9.17, 15) is 14.0 Å². The summed E-state index contributed by atoms with van der Waals surface area (Å²) in [5.41, 5.74) is 0.213. The lowest BCUT2D eigenvalue weighted by atomic mass is 10.2. The molecule has 30 heavy (non-hydrogen) atoms. The number of alkyl carbamates (subject to hydrolysis) is 1. The number of carbonyl (C=O) groups is 2. The molecule has 3 rings (SSSR count). The molecule has 0 bridgehead atoms. The highest BCUT2D eigenvalue weighted by Gasteiger charge is 2.33. The number of amides is 2. The molecule has 2 aliphatic heterocycles. The molecule has 0 aliphatic carbocycles. The van der Waals surface area contributed by atoms with Crippen molar-refractivity contribution in [2.75, 3.05) is 49.1 Å². The summed E-state index contributed by atoms with van der Waals surface area (Å²) in [5.74, 6) is -0.438. The highest BCUT2D eigenvalue weighted by atomic mass is 19.1.